The van der Waals surface area contributed by atoms with Crippen LogP contribution in [0.15, 0.2) is 42.5 Å². The van der Waals surface area contributed by atoms with Crippen LogP contribution >= 0.6 is 11.6 Å². The molecule has 1 aromatic heterocycles. The van der Waals surface area contributed by atoms with Crippen molar-refractivity contribution in [1.29, 1.82) is 0 Å². The molecule has 4 rings (SSSR count). The molecule has 9 heteroatoms. The van der Waals surface area contributed by atoms with Crippen molar-refractivity contribution in [2.24, 2.45) is 0 Å². The van der Waals surface area contributed by atoms with Gasteiger partial charge in [0.15, 0.2) is 11.5 Å². The monoisotopic (exact) mass is 440 g/mol. The van der Waals surface area contributed by atoms with Crippen LogP contribution in [0.2, 0.25) is 5.02 Å². The second kappa shape index (κ2) is 8.31. The Morgan fingerprint density at radius 3 is 2.65 bits per heavy atom. The number of halogens is 1. The highest BCUT2D eigenvalue weighted by atomic mass is 35.5. The Kier molecular flexibility index (Phi) is 5.56. The van der Waals surface area contributed by atoms with Gasteiger partial charge in [0, 0.05) is 11.4 Å². The first-order valence-electron chi connectivity index (χ1n) is 9.66. The number of carbonyl (C=O) groups excluding carboxylic acids is 2. The molecule has 8 nitrogen and oxygen atoms in total. The summed E-state index contributed by atoms with van der Waals surface area (Å²) < 4.78 is 12.3. The molecular weight excluding hydrogens is 420 g/mol. The quantitative estimate of drug-likeness (QED) is 0.615. The highest BCUT2D eigenvalue weighted by Crippen LogP contribution is 2.36. The maximum absolute atomic E-state index is 12.7. The molecule has 2 N–H and O–H groups in total. The summed E-state index contributed by atoms with van der Waals surface area (Å²) in [6, 6.07) is 11.4. The van der Waals surface area contributed by atoms with E-state index in [0.717, 1.165) is 11.4 Å². The molecule has 1 aliphatic heterocycles. The Balaban J connectivity index is 1.46. The van der Waals surface area contributed by atoms with Crippen molar-refractivity contribution < 1.29 is 19.1 Å². The number of nitrogens with one attached hydrogen (secondary N) is 2. The zero-order chi connectivity index (χ0) is 22.1. The minimum absolute atomic E-state index is 0.0793. The van der Waals surface area contributed by atoms with E-state index in [1.807, 2.05) is 19.9 Å². The Hall–Kier alpha value is -3.52. The highest BCUT2D eigenvalue weighted by molar-refractivity contribution is 6.34. The van der Waals surface area contributed by atoms with Crippen molar-refractivity contribution in [3.05, 3.63) is 64.4 Å². The topological polar surface area (TPSA) is 94.5 Å². The number of benzene rings is 2. The molecule has 0 bridgehead atoms. The molecule has 0 fully saturated rings. The predicted molar refractivity (Wildman–Crippen MR) is 117 cm³/mol. The van der Waals surface area contributed by atoms with Crippen molar-refractivity contribution in [3.63, 3.8) is 0 Å². The first kappa shape index (κ1) is 20.7. The third-order valence-corrected chi connectivity index (χ3v) is 5.23. The van der Waals surface area contributed by atoms with Crippen LogP contribution in [0, 0.1) is 13.8 Å². The average molecular weight is 441 g/mol. The number of amides is 2. The Morgan fingerprint density at radius 1 is 1.13 bits per heavy atom. The van der Waals surface area contributed by atoms with Crippen LogP contribution in [0.5, 0.6) is 11.5 Å². The number of anilines is 2. The van der Waals surface area contributed by atoms with Gasteiger partial charge in [-0.25, -0.2) is 0 Å². The van der Waals surface area contributed by atoms with Crippen LogP contribution in [0.1, 0.15) is 34.7 Å². The molecule has 0 aliphatic carbocycles. The van der Waals surface area contributed by atoms with Gasteiger partial charge in [-0.05, 0) is 57.2 Å². The smallest absolute Gasteiger partial charge is 0.259 e. The predicted octanol–water partition coefficient (Wildman–Crippen LogP) is 4.33. The van der Waals surface area contributed by atoms with Gasteiger partial charge in [0.1, 0.15) is 6.04 Å². The van der Waals surface area contributed by atoms with Crippen LogP contribution in [0.25, 0.3) is 0 Å². The minimum atomic E-state index is -0.508. The Morgan fingerprint density at radius 2 is 1.94 bits per heavy atom. The molecule has 1 atom stereocenters. The fourth-order valence-electron chi connectivity index (χ4n) is 3.39. The zero-order valence-electron chi connectivity index (χ0n) is 17.2. The van der Waals surface area contributed by atoms with E-state index < -0.39 is 6.04 Å². The molecular formula is C22H21ClN4O4. The fourth-order valence-corrected chi connectivity index (χ4v) is 3.62. The maximum atomic E-state index is 12.7. The second-order valence-corrected chi connectivity index (χ2v) is 7.63. The van der Waals surface area contributed by atoms with Gasteiger partial charge in [0.25, 0.3) is 5.91 Å². The molecule has 2 aromatic carbocycles. The minimum Gasteiger partial charge on any atom is -0.454 e. The van der Waals surface area contributed by atoms with Gasteiger partial charge in [-0.3, -0.25) is 14.3 Å². The summed E-state index contributed by atoms with van der Waals surface area (Å²) in [5.74, 6) is 0.337. The van der Waals surface area contributed by atoms with Gasteiger partial charge in [0.2, 0.25) is 12.7 Å². The molecule has 0 radical (unpaired) electrons. The van der Waals surface area contributed by atoms with E-state index in [4.69, 9.17) is 21.1 Å². The average Bonchev–Trinajstić information content (AvgIpc) is 3.34. The number of nitrogens with zero attached hydrogens (tertiary/aromatic N) is 2. The number of aryl methyl sites for hydroxylation is 2. The van der Waals surface area contributed by atoms with E-state index in [1.165, 1.54) is 0 Å². The van der Waals surface area contributed by atoms with Gasteiger partial charge >= 0.3 is 0 Å². The number of para-hydroxylation sites is 1. The van der Waals surface area contributed by atoms with Gasteiger partial charge in [0.05, 0.1) is 22.0 Å². The molecule has 1 unspecified atom stereocenters. The van der Waals surface area contributed by atoms with Crippen LogP contribution in [0.4, 0.5) is 11.4 Å². The summed E-state index contributed by atoms with van der Waals surface area (Å²) in [5.41, 5.74) is 3.02. The SMILES string of the molecule is Cc1cc(C)n(C(C)C(=O)Nc2ccc(NC(=O)c3cccc4c3OCO4)cc2Cl)n1. The number of ether oxygens (including phenoxy) is 2. The molecule has 0 spiro atoms. The molecule has 1 aliphatic rings. The van der Waals surface area contributed by atoms with Crippen LogP contribution in [-0.2, 0) is 4.79 Å². The summed E-state index contributed by atoms with van der Waals surface area (Å²) in [6.45, 7) is 5.62. The van der Waals surface area contributed by atoms with Crippen molar-refractivity contribution in [2.45, 2.75) is 26.8 Å². The molecule has 31 heavy (non-hydrogen) atoms. The summed E-state index contributed by atoms with van der Waals surface area (Å²) in [4.78, 5) is 25.3. The van der Waals surface area contributed by atoms with E-state index in [0.29, 0.717) is 33.5 Å². The number of rotatable bonds is 5. The first-order chi connectivity index (χ1) is 14.8. The van der Waals surface area contributed by atoms with E-state index in [9.17, 15) is 9.59 Å². The normalized spacial score (nSPS) is 13.0. The van der Waals surface area contributed by atoms with Crippen molar-refractivity contribution in [1.82, 2.24) is 9.78 Å². The van der Waals surface area contributed by atoms with E-state index in [-0.39, 0.29) is 18.6 Å². The highest BCUT2D eigenvalue weighted by Gasteiger charge is 2.22. The lowest BCUT2D eigenvalue weighted by molar-refractivity contribution is -0.119. The lowest BCUT2D eigenvalue weighted by Crippen LogP contribution is -2.25. The number of hydrogen-bond donors (Lipinski definition) is 2. The van der Waals surface area contributed by atoms with E-state index in [2.05, 4.69) is 15.7 Å². The molecule has 3 aromatic rings. The lowest BCUT2D eigenvalue weighted by atomic mass is 10.1. The number of aromatic nitrogens is 2. The summed E-state index contributed by atoms with van der Waals surface area (Å²) in [7, 11) is 0. The molecule has 0 saturated heterocycles. The number of fused-ring (bicyclic) bond motifs is 1. The second-order valence-electron chi connectivity index (χ2n) is 7.23. The zero-order valence-corrected chi connectivity index (χ0v) is 18.0. The van der Waals surface area contributed by atoms with Gasteiger partial charge in [-0.15, -0.1) is 0 Å². The molecule has 0 saturated carbocycles. The van der Waals surface area contributed by atoms with E-state index in [1.54, 1.807) is 48.0 Å². The van der Waals surface area contributed by atoms with E-state index >= 15 is 0 Å². The largest absolute Gasteiger partial charge is 0.454 e. The molecule has 2 heterocycles. The standard InChI is InChI=1S/C22H21ClN4O4/c1-12-9-13(2)27(26-12)14(3)21(28)25-18-8-7-15(10-17(18)23)24-22(29)16-5-4-6-19-20(16)31-11-30-19/h4-10,14H,11H2,1-3H3,(H,24,29)(H,25,28). The number of hydrogen-bond acceptors (Lipinski definition) is 5. The third-order valence-electron chi connectivity index (χ3n) is 4.92. The first-order valence-corrected chi connectivity index (χ1v) is 10.0. The fraction of sp³-hybridized carbons (Fsp3) is 0.227. The molecule has 160 valence electrons. The van der Waals surface area contributed by atoms with Gasteiger partial charge in [-0.1, -0.05) is 17.7 Å². The van der Waals surface area contributed by atoms with Crippen molar-refractivity contribution >= 4 is 34.8 Å². The Bertz CT molecular complexity index is 1170. The van der Waals surface area contributed by atoms with Gasteiger partial charge in [-0.2, -0.15) is 5.10 Å². The van der Waals surface area contributed by atoms with Crippen molar-refractivity contribution in [3.8, 4) is 11.5 Å². The summed E-state index contributed by atoms with van der Waals surface area (Å²) >= 11 is 6.35. The van der Waals surface area contributed by atoms with Crippen LogP contribution in [0.3, 0.4) is 0 Å². The molecule has 2 amide bonds. The van der Waals surface area contributed by atoms with Crippen LogP contribution < -0.4 is 20.1 Å². The van der Waals surface area contributed by atoms with Crippen molar-refractivity contribution in [2.75, 3.05) is 17.4 Å². The van der Waals surface area contributed by atoms with Gasteiger partial charge < -0.3 is 20.1 Å². The van der Waals surface area contributed by atoms with Crippen LogP contribution in [-0.4, -0.2) is 28.4 Å². The number of carbonyl (C=O) groups is 2. The Labute approximate surface area is 184 Å². The lowest BCUT2D eigenvalue weighted by Gasteiger charge is -2.16. The maximum Gasteiger partial charge on any atom is 0.259 e. The summed E-state index contributed by atoms with van der Waals surface area (Å²) in [5, 5.41) is 10.2. The third kappa shape index (κ3) is 4.20. The summed E-state index contributed by atoms with van der Waals surface area (Å²) in [6.07, 6.45) is 0.